The zero-order valence-electron chi connectivity index (χ0n) is 14.1. The molecule has 23 heavy (non-hydrogen) atoms. The van der Waals surface area contributed by atoms with Crippen LogP contribution in [0.3, 0.4) is 0 Å². The van der Waals surface area contributed by atoms with Crippen molar-refractivity contribution >= 4 is 11.6 Å². The highest BCUT2D eigenvalue weighted by Crippen LogP contribution is 2.23. The molecule has 1 aromatic heterocycles. The van der Waals surface area contributed by atoms with Crippen molar-refractivity contribution in [2.45, 2.75) is 26.4 Å². The molecule has 0 saturated heterocycles. The number of benzene rings is 1. The average molecular weight is 316 g/mol. The van der Waals surface area contributed by atoms with E-state index in [2.05, 4.69) is 5.32 Å². The third kappa shape index (κ3) is 4.36. The van der Waals surface area contributed by atoms with E-state index in [4.69, 9.17) is 4.42 Å². The quantitative estimate of drug-likeness (QED) is 0.860. The molecule has 1 heterocycles. The lowest BCUT2D eigenvalue weighted by atomic mass is 10.1. The second kappa shape index (κ2) is 7.33. The predicted octanol–water partition coefficient (Wildman–Crippen LogP) is 2.82. The SMILES string of the molecule is Cc1cc([C@@H](O)CCNC(=O)c2cccc(N(C)C)c2)c(C)o1. The summed E-state index contributed by atoms with van der Waals surface area (Å²) in [5.41, 5.74) is 2.37. The van der Waals surface area contributed by atoms with Gasteiger partial charge in [-0.15, -0.1) is 0 Å². The molecular formula is C18H24N2O3. The number of amides is 1. The maximum atomic E-state index is 12.2. The van der Waals surface area contributed by atoms with E-state index in [1.54, 1.807) is 6.07 Å². The van der Waals surface area contributed by atoms with E-state index in [-0.39, 0.29) is 5.91 Å². The summed E-state index contributed by atoms with van der Waals surface area (Å²) in [5, 5.41) is 13.0. The highest BCUT2D eigenvalue weighted by molar-refractivity contribution is 5.95. The van der Waals surface area contributed by atoms with Gasteiger partial charge in [0, 0.05) is 37.5 Å². The molecule has 0 aliphatic heterocycles. The first kappa shape index (κ1) is 17.1. The van der Waals surface area contributed by atoms with Crippen LogP contribution in [-0.2, 0) is 0 Å². The molecule has 0 fully saturated rings. The summed E-state index contributed by atoms with van der Waals surface area (Å²) in [4.78, 5) is 14.1. The van der Waals surface area contributed by atoms with Crippen molar-refractivity contribution < 1.29 is 14.3 Å². The minimum absolute atomic E-state index is 0.138. The van der Waals surface area contributed by atoms with Gasteiger partial charge in [0.25, 0.3) is 5.91 Å². The van der Waals surface area contributed by atoms with Crippen molar-refractivity contribution in [1.82, 2.24) is 5.32 Å². The molecule has 2 rings (SSSR count). The number of nitrogens with one attached hydrogen (secondary N) is 1. The summed E-state index contributed by atoms with van der Waals surface area (Å²) in [6.45, 7) is 4.08. The predicted molar refractivity (Wildman–Crippen MR) is 90.9 cm³/mol. The van der Waals surface area contributed by atoms with Crippen molar-refractivity contribution in [2.24, 2.45) is 0 Å². The molecule has 0 bridgehead atoms. The van der Waals surface area contributed by atoms with Crippen LogP contribution >= 0.6 is 0 Å². The summed E-state index contributed by atoms with van der Waals surface area (Å²) in [7, 11) is 3.87. The number of carbonyl (C=O) groups is 1. The lowest BCUT2D eigenvalue weighted by Gasteiger charge is -2.14. The lowest BCUT2D eigenvalue weighted by molar-refractivity contribution is 0.0942. The largest absolute Gasteiger partial charge is 0.466 e. The van der Waals surface area contributed by atoms with Crippen molar-refractivity contribution in [2.75, 3.05) is 25.5 Å². The van der Waals surface area contributed by atoms with Gasteiger partial charge in [0.15, 0.2) is 0 Å². The molecule has 1 atom stereocenters. The molecular weight excluding hydrogens is 292 g/mol. The number of rotatable bonds is 6. The van der Waals surface area contributed by atoms with Gasteiger partial charge in [-0.2, -0.15) is 0 Å². The van der Waals surface area contributed by atoms with Crippen molar-refractivity contribution in [3.05, 3.63) is 53.0 Å². The fraction of sp³-hybridized carbons (Fsp3) is 0.389. The number of anilines is 1. The molecule has 0 saturated carbocycles. The maximum Gasteiger partial charge on any atom is 0.251 e. The summed E-state index contributed by atoms with van der Waals surface area (Å²) in [6, 6.07) is 9.27. The van der Waals surface area contributed by atoms with Crippen LogP contribution in [0.15, 0.2) is 34.7 Å². The van der Waals surface area contributed by atoms with Crippen molar-refractivity contribution in [3.8, 4) is 0 Å². The number of hydrogen-bond donors (Lipinski definition) is 2. The molecule has 1 amide bonds. The van der Waals surface area contributed by atoms with E-state index in [9.17, 15) is 9.90 Å². The second-order valence-electron chi connectivity index (χ2n) is 5.87. The number of hydrogen-bond acceptors (Lipinski definition) is 4. The molecule has 5 nitrogen and oxygen atoms in total. The van der Waals surface area contributed by atoms with Gasteiger partial charge in [0.1, 0.15) is 11.5 Å². The molecule has 2 aromatic rings. The topological polar surface area (TPSA) is 65.7 Å². The van der Waals surface area contributed by atoms with E-state index < -0.39 is 6.10 Å². The molecule has 0 radical (unpaired) electrons. The smallest absolute Gasteiger partial charge is 0.251 e. The second-order valence-corrected chi connectivity index (χ2v) is 5.87. The molecule has 0 aliphatic rings. The third-order valence-electron chi connectivity index (χ3n) is 3.77. The number of aryl methyl sites for hydroxylation is 2. The number of nitrogens with zero attached hydrogens (tertiary/aromatic N) is 1. The van der Waals surface area contributed by atoms with Gasteiger partial charge in [0.2, 0.25) is 0 Å². The first-order chi connectivity index (χ1) is 10.9. The summed E-state index contributed by atoms with van der Waals surface area (Å²) >= 11 is 0. The molecule has 124 valence electrons. The van der Waals surface area contributed by atoms with Gasteiger partial charge in [-0.3, -0.25) is 4.79 Å². The maximum absolute atomic E-state index is 12.2. The van der Waals surface area contributed by atoms with Crippen molar-refractivity contribution in [1.29, 1.82) is 0 Å². The Hall–Kier alpha value is -2.27. The number of furan rings is 1. The van der Waals surface area contributed by atoms with E-state index >= 15 is 0 Å². The number of carbonyl (C=O) groups excluding carboxylic acids is 1. The van der Waals surface area contributed by atoms with Gasteiger partial charge < -0.3 is 19.7 Å². The Morgan fingerprint density at radius 3 is 2.65 bits per heavy atom. The average Bonchev–Trinajstić information content (AvgIpc) is 2.85. The Bertz CT molecular complexity index is 677. The monoisotopic (exact) mass is 316 g/mol. The van der Waals surface area contributed by atoms with Gasteiger partial charge in [-0.25, -0.2) is 0 Å². The first-order valence-corrected chi connectivity index (χ1v) is 7.69. The van der Waals surface area contributed by atoms with Crippen LogP contribution in [0.25, 0.3) is 0 Å². The van der Waals surface area contributed by atoms with E-state index in [0.717, 1.165) is 22.8 Å². The highest BCUT2D eigenvalue weighted by Gasteiger charge is 2.15. The van der Waals surface area contributed by atoms with Crippen molar-refractivity contribution in [3.63, 3.8) is 0 Å². The van der Waals surface area contributed by atoms with Gasteiger partial charge in [-0.05, 0) is 44.5 Å². The molecule has 0 unspecified atom stereocenters. The zero-order valence-corrected chi connectivity index (χ0v) is 14.1. The summed E-state index contributed by atoms with van der Waals surface area (Å²) in [5.74, 6) is 1.36. The summed E-state index contributed by atoms with van der Waals surface area (Å²) in [6.07, 6.45) is -0.195. The molecule has 0 spiro atoms. The molecule has 1 aromatic carbocycles. The van der Waals surface area contributed by atoms with Crippen LogP contribution in [0, 0.1) is 13.8 Å². The van der Waals surface area contributed by atoms with Crippen LogP contribution in [0.2, 0.25) is 0 Å². The Kier molecular flexibility index (Phi) is 5.45. The van der Waals surface area contributed by atoms with Gasteiger partial charge in [0.05, 0.1) is 6.10 Å². The van der Waals surface area contributed by atoms with E-state index in [1.807, 2.05) is 57.1 Å². The molecule has 2 N–H and O–H groups in total. The lowest BCUT2D eigenvalue weighted by Crippen LogP contribution is -2.26. The van der Waals surface area contributed by atoms with Crippen LogP contribution in [0.5, 0.6) is 0 Å². The Labute approximate surface area is 136 Å². The standard InChI is InChI=1S/C18H24N2O3/c1-12-10-16(13(2)23-12)17(21)8-9-19-18(22)14-6-5-7-15(11-14)20(3)4/h5-7,10-11,17,21H,8-9H2,1-4H3,(H,19,22)/t17-/m0/s1. The van der Waals surface area contributed by atoms with Crippen LogP contribution in [0.1, 0.15) is 40.0 Å². The van der Waals surface area contributed by atoms with E-state index in [1.165, 1.54) is 0 Å². The normalized spacial score (nSPS) is 12.0. The third-order valence-corrected chi connectivity index (χ3v) is 3.77. The minimum Gasteiger partial charge on any atom is -0.466 e. The molecule has 5 heteroatoms. The zero-order chi connectivity index (χ0) is 17.0. The minimum atomic E-state index is -0.638. The number of aliphatic hydroxyl groups excluding tert-OH is 1. The first-order valence-electron chi connectivity index (χ1n) is 7.69. The highest BCUT2D eigenvalue weighted by atomic mass is 16.3. The Morgan fingerprint density at radius 1 is 1.30 bits per heavy atom. The Balaban J connectivity index is 1.89. The fourth-order valence-corrected chi connectivity index (χ4v) is 2.49. The Morgan fingerprint density at radius 2 is 2.04 bits per heavy atom. The fourth-order valence-electron chi connectivity index (χ4n) is 2.49. The van der Waals surface area contributed by atoms with Crippen LogP contribution < -0.4 is 10.2 Å². The van der Waals surface area contributed by atoms with Gasteiger partial charge >= 0.3 is 0 Å². The van der Waals surface area contributed by atoms with Gasteiger partial charge in [-0.1, -0.05) is 6.07 Å². The molecule has 0 aliphatic carbocycles. The number of aliphatic hydroxyl groups is 1. The summed E-state index contributed by atoms with van der Waals surface area (Å²) < 4.78 is 5.42. The van der Waals surface area contributed by atoms with E-state index in [0.29, 0.717) is 18.5 Å². The van der Waals surface area contributed by atoms with Crippen LogP contribution in [0.4, 0.5) is 5.69 Å². The van der Waals surface area contributed by atoms with Crippen LogP contribution in [-0.4, -0.2) is 31.7 Å².